The summed E-state index contributed by atoms with van der Waals surface area (Å²) >= 11 is 1.53. The molecular formula is C28H37F3N4O7S. The largest absolute Gasteiger partial charge is 0.490 e. The zero-order valence-corrected chi connectivity index (χ0v) is 24.4. The maximum Gasteiger partial charge on any atom is 0.490 e. The Labute approximate surface area is 251 Å². The predicted molar refractivity (Wildman–Crippen MR) is 155 cm³/mol. The normalized spacial score (nSPS) is 16.3. The second-order valence-electron chi connectivity index (χ2n) is 9.97. The number of aliphatic hydroxyl groups is 1. The number of fused-ring (bicyclic) bond motifs is 1. The summed E-state index contributed by atoms with van der Waals surface area (Å²) in [6.45, 7) is 1.03. The van der Waals surface area contributed by atoms with E-state index in [1.54, 1.807) is 4.90 Å². The predicted octanol–water partition coefficient (Wildman–Crippen LogP) is 1.91. The van der Waals surface area contributed by atoms with Crippen molar-refractivity contribution in [3.05, 3.63) is 48.0 Å². The number of carbonyl (C=O) groups is 4. The highest BCUT2D eigenvalue weighted by Crippen LogP contribution is 2.23. The number of alkyl halides is 3. The molecule has 11 nitrogen and oxygen atoms in total. The smallest absolute Gasteiger partial charge is 0.480 e. The molecule has 0 aromatic heterocycles. The van der Waals surface area contributed by atoms with E-state index in [0.717, 1.165) is 29.2 Å². The molecular weight excluding hydrogens is 593 g/mol. The van der Waals surface area contributed by atoms with Crippen molar-refractivity contribution in [2.24, 2.45) is 5.73 Å². The SMILES string of the molecule is CSCC[C@H](NC(=O)CN(Cc1cccc2ccccc12)C[C@@H]1CCCN1C(=O)[C@@H](N)CO)C(=O)O.O=C(O)C(F)(F)F. The van der Waals surface area contributed by atoms with Crippen molar-refractivity contribution in [1.29, 1.82) is 0 Å². The van der Waals surface area contributed by atoms with E-state index < -0.39 is 36.8 Å². The summed E-state index contributed by atoms with van der Waals surface area (Å²) in [4.78, 5) is 49.9. The second-order valence-corrected chi connectivity index (χ2v) is 11.0. The molecule has 0 bridgehead atoms. The van der Waals surface area contributed by atoms with Crippen molar-refractivity contribution in [3.8, 4) is 0 Å². The first-order valence-electron chi connectivity index (χ1n) is 13.5. The van der Waals surface area contributed by atoms with Crippen molar-refractivity contribution in [2.45, 2.75) is 50.1 Å². The number of aliphatic hydroxyl groups excluding tert-OH is 1. The van der Waals surface area contributed by atoms with Crippen molar-refractivity contribution in [2.75, 3.05) is 38.2 Å². The minimum atomic E-state index is -5.08. The number of amides is 2. The van der Waals surface area contributed by atoms with Crippen LogP contribution < -0.4 is 11.1 Å². The third-order valence-corrected chi connectivity index (χ3v) is 7.41. The summed E-state index contributed by atoms with van der Waals surface area (Å²) in [5, 5.41) is 30.8. The number of nitrogens with two attached hydrogens (primary N) is 1. The van der Waals surface area contributed by atoms with Gasteiger partial charge in [0.05, 0.1) is 13.2 Å². The summed E-state index contributed by atoms with van der Waals surface area (Å²) in [5.74, 6) is -3.85. The van der Waals surface area contributed by atoms with E-state index in [1.807, 2.05) is 53.6 Å². The fourth-order valence-corrected chi connectivity index (χ4v) is 5.17. The average Bonchev–Trinajstić information content (AvgIpc) is 3.42. The van der Waals surface area contributed by atoms with Gasteiger partial charge in [0.1, 0.15) is 12.1 Å². The van der Waals surface area contributed by atoms with E-state index in [2.05, 4.69) is 5.32 Å². The molecule has 0 spiro atoms. The molecule has 0 unspecified atom stereocenters. The number of nitrogens with zero attached hydrogens (tertiary/aromatic N) is 2. The third kappa shape index (κ3) is 11.3. The van der Waals surface area contributed by atoms with Crippen LogP contribution in [0.1, 0.15) is 24.8 Å². The van der Waals surface area contributed by atoms with E-state index in [-0.39, 0.29) is 24.4 Å². The number of likely N-dealkylation sites (tertiary alicyclic amines) is 1. The Hall–Kier alpha value is -3.40. The number of thioether (sulfide) groups is 1. The number of nitrogens with one attached hydrogen (secondary N) is 1. The number of rotatable bonds is 13. The quantitative estimate of drug-likeness (QED) is 0.220. The van der Waals surface area contributed by atoms with Gasteiger partial charge in [-0.15, -0.1) is 0 Å². The molecule has 1 aliphatic heterocycles. The van der Waals surface area contributed by atoms with Gasteiger partial charge in [-0.1, -0.05) is 42.5 Å². The highest BCUT2D eigenvalue weighted by atomic mass is 32.2. The van der Waals surface area contributed by atoms with E-state index in [1.165, 1.54) is 11.8 Å². The molecule has 2 amide bonds. The molecule has 3 rings (SSSR count). The van der Waals surface area contributed by atoms with E-state index in [4.69, 9.17) is 15.6 Å². The lowest BCUT2D eigenvalue weighted by Gasteiger charge is -2.32. The van der Waals surface area contributed by atoms with Gasteiger partial charge in [0.25, 0.3) is 0 Å². The van der Waals surface area contributed by atoms with Crippen LogP contribution in [0.3, 0.4) is 0 Å². The Morgan fingerprint density at radius 3 is 2.40 bits per heavy atom. The number of aliphatic carboxylic acids is 2. The molecule has 1 fully saturated rings. The molecule has 3 atom stereocenters. The number of benzene rings is 2. The summed E-state index contributed by atoms with van der Waals surface area (Å²) < 4.78 is 31.7. The summed E-state index contributed by atoms with van der Waals surface area (Å²) in [5.41, 5.74) is 6.85. The van der Waals surface area contributed by atoms with Gasteiger partial charge in [0.15, 0.2) is 0 Å². The van der Waals surface area contributed by atoms with Gasteiger partial charge in [-0.3, -0.25) is 14.5 Å². The molecule has 1 saturated heterocycles. The highest BCUT2D eigenvalue weighted by molar-refractivity contribution is 7.98. The van der Waals surface area contributed by atoms with Gasteiger partial charge in [0.2, 0.25) is 11.8 Å². The molecule has 1 aliphatic rings. The molecule has 0 saturated carbocycles. The van der Waals surface area contributed by atoms with Crippen LogP contribution in [0, 0.1) is 0 Å². The van der Waals surface area contributed by atoms with Crippen molar-refractivity contribution >= 4 is 46.3 Å². The van der Waals surface area contributed by atoms with Crippen molar-refractivity contribution in [3.63, 3.8) is 0 Å². The Morgan fingerprint density at radius 2 is 1.79 bits per heavy atom. The van der Waals surface area contributed by atoms with Crippen LogP contribution in [-0.2, 0) is 25.7 Å². The fourth-order valence-electron chi connectivity index (χ4n) is 4.70. The number of carbonyl (C=O) groups excluding carboxylic acids is 2. The zero-order chi connectivity index (χ0) is 32.2. The number of halogens is 3. The highest BCUT2D eigenvalue weighted by Gasteiger charge is 2.38. The summed E-state index contributed by atoms with van der Waals surface area (Å²) in [7, 11) is 0. The number of carboxylic acid groups (broad SMARTS) is 2. The minimum absolute atomic E-state index is 0.00312. The summed E-state index contributed by atoms with van der Waals surface area (Å²) in [6.07, 6.45) is -1.26. The molecule has 1 heterocycles. The van der Waals surface area contributed by atoms with Gasteiger partial charge >= 0.3 is 18.1 Å². The standard InChI is InChI=1S/C26H36N4O5S.C2HF3O2/c1-36-13-11-23(26(34)35)28-24(32)16-29(14-19-8-4-7-18-6-2-3-10-21(18)19)15-20-9-5-12-30(20)25(33)22(27)17-31;3-2(4,5)1(6)7/h2-4,6-8,10,20,22-23,31H,5,9,11-17,27H2,1H3,(H,28,32)(H,34,35);(H,6,7)/t20-,22-,23-;/m0./s1. The van der Waals surface area contributed by atoms with E-state index in [9.17, 15) is 37.8 Å². The van der Waals surface area contributed by atoms with Crippen LogP contribution in [0.4, 0.5) is 13.2 Å². The van der Waals surface area contributed by atoms with Crippen LogP contribution >= 0.6 is 11.8 Å². The summed E-state index contributed by atoms with van der Waals surface area (Å²) in [6, 6.07) is 12.0. The molecule has 0 aliphatic carbocycles. The van der Waals surface area contributed by atoms with Crippen molar-refractivity contribution in [1.82, 2.24) is 15.1 Å². The Bertz CT molecular complexity index is 1250. The van der Waals surface area contributed by atoms with Crippen molar-refractivity contribution < 1.29 is 47.7 Å². The molecule has 2 aromatic carbocycles. The molecule has 0 radical (unpaired) electrons. The van der Waals surface area contributed by atoms with E-state index in [0.29, 0.717) is 31.8 Å². The maximum atomic E-state index is 13.0. The minimum Gasteiger partial charge on any atom is -0.480 e. The first-order chi connectivity index (χ1) is 20.3. The molecule has 2 aromatic rings. The molecule has 238 valence electrons. The van der Waals surface area contributed by atoms with Gasteiger partial charge < -0.3 is 31.3 Å². The van der Waals surface area contributed by atoms with Gasteiger partial charge in [-0.05, 0) is 47.6 Å². The lowest BCUT2D eigenvalue weighted by Crippen LogP contribution is -2.52. The number of carboxylic acids is 2. The van der Waals surface area contributed by atoms with Gasteiger partial charge in [0, 0.05) is 25.7 Å². The number of hydrogen-bond donors (Lipinski definition) is 5. The Balaban J connectivity index is 0.000000821. The Kier molecular flexibility index (Phi) is 14.2. The monoisotopic (exact) mass is 630 g/mol. The zero-order valence-electron chi connectivity index (χ0n) is 23.6. The first-order valence-corrected chi connectivity index (χ1v) is 14.8. The molecule has 43 heavy (non-hydrogen) atoms. The Morgan fingerprint density at radius 1 is 1.14 bits per heavy atom. The first kappa shape index (κ1) is 35.8. The maximum absolute atomic E-state index is 13.0. The van der Waals surface area contributed by atoms with Gasteiger partial charge in [-0.25, -0.2) is 9.59 Å². The van der Waals surface area contributed by atoms with Gasteiger partial charge in [-0.2, -0.15) is 24.9 Å². The fraction of sp³-hybridized carbons (Fsp3) is 0.500. The molecule has 6 N–H and O–H groups in total. The van der Waals surface area contributed by atoms with Crippen LogP contribution in [0.2, 0.25) is 0 Å². The van der Waals surface area contributed by atoms with Crippen LogP contribution in [0.15, 0.2) is 42.5 Å². The average molecular weight is 631 g/mol. The topological polar surface area (TPSA) is 173 Å². The van der Waals surface area contributed by atoms with Crippen LogP contribution in [-0.4, -0.2) is 111 Å². The lowest BCUT2D eigenvalue weighted by atomic mass is 10.0. The van der Waals surface area contributed by atoms with Crippen LogP contribution in [0.5, 0.6) is 0 Å². The molecule has 15 heteroatoms. The van der Waals surface area contributed by atoms with E-state index >= 15 is 0 Å². The second kappa shape index (κ2) is 17.0. The lowest BCUT2D eigenvalue weighted by molar-refractivity contribution is -0.192. The third-order valence-electron chi connectivity index (χ3n) is 6.77. The van der Waals surface area contributed by atoms with Crippen LogP contribution in [0.25, 0.3) is 10.8 Å². The number of hydrogen-bond acceptors (Lipinski definition) is 8.